The quantitative estimate of drug-likeness (QED) is 0.836. The molecular weight excluding hydrogens is 224 g/mol. The van der Waals surface area contributed by atoms with Gasteiger partial charge in [0.2, 0.25) is 5.13 Å². The first-order valence-electron chi connectivity index (χ1n) is 3.72. The lowest BCUT2D eigenvalue weighted by Gasteiger charge is -1.94. The largest absolute Gasteiger partial charge is 0.374 e. The summed E-state index contributed by atoms with van der Waals surface area (Å²) in [6, 6.07) is 0. The molecule has 0 aliphatic carbocycles. The smallest absolute Gasteiger partial charge is 0.203 e. The molecule has 0 unspecified atom stereocenters. The number of thioether (sulfide) groups is 2. The molecule has 1 aromatic heterocycles. The first kappa shape index (κ1) is 9.29. The minimum Gasteiger partial charge on any atom is -0.374 e. The predicted molar refractivity (Wildman–Crippen MR) is 60.4 cm³/mol. The van der Waals surface area contributed by atoms with Crippen LogP contribution in [0.2, 0.25) is 0 Å². The van der Waals surface area contributed by atoms with Gasteiger partial charge in [-0.15, -0.1) is 10.2 Å². The third-order valence-electron chi connectivity index (χ3n) is 1.36. The molecule has 1 aliphatic heterocycles. The Bertz CT molecular complexity index is 321. The fraction of sp³-hybridized carbons (Fsp3) is 0.500. The van der Waals surface area contributed by atoms with Crippen molar-refractivity contribution in [1.82, 2.24) is 10.2 Å². The van der Waals surface area contributed by atoms with E-state index in [2.05, 4.69) is 15.2 Å². The average molecular weight is 232 g/mol. The number of nitrogen functional groups attached to an aromatic ring is 1. The van der Waals surface area contributed by atoms with Crippen molar-refractivity contribution in [3.8, 4) is 0 Å². The van der Waals surface area contributed by atoms with Gasteiger partial charge in [0, 0.05) is 5.75 Å². The zero-order chi connectivity index (χ0) is 9.10. The normalized spacial score (nSPS) is 16.2. The highest BCUT2D eigenvalue weighted by molar-refractivity contribution is 8.38. The maximum absolute atomic E-state index is 5.46. The molecule has 0 radical (unpaired) electrons. The molecule has 0 aromatic carbocycles. The first-order chi connectivity index (χ1) is 6.34. The number of nitrogens with two attached hydrogens (primary N) is 1. The summed E-state index contributed by atoms with van der Waals surface area (Å²) in [4.78, 5) is 4.33. The van der Waals surface area contributed by atoms with E-state index in [0.29, 0.717) is 5.13 Å². The van der Waals surface area contributed by atoms with Crippen LogP contribution in [0, 0.1) is 0 Å². The van der Waals surface area contributed by atoms with Crippen LogP contribution in [0.4, 0.5) is 5.13 Å². The minimum atomic E-state index is 0.539. The molecule has 0 fully saturated rings. The Kier molecular flexibility index (Phi) is 3.07. The zero-order valence-corrected chi connectivity index (χ0v) is 9.21. The summed E-state index contributed by atoms with van der Waals surface area (Å²) in [6.07, 6.45) is 0. The summed E-state index contributed by atoms with van der Waals surface area (Å²) >= 11 is 4.96. The zero-order valence-electron chi connectivity index (χ0n) is 6.77. The Balaban J connectivity index is 1.85. The maximum atomic E-state index is 5.46. The number of nitrogens with zero attached hydrogens (tertiary/aromatic N) is 3. The predicted octanol–water partition coefficient (Wildman–Crippen LogP) is 1.46. The van der Waals surface area contributed by atoms with Gasteiger partial charge in [-0.25, -0.2) is 0 Å². The lowest BCUT2D eigenvalue weighted by molar-refractivity contribution is 1.05. The highest BCUT2D eigenvalue weighted by Crippen LogP contribution is 2.26. The Morgan fingerprint density at radius 1 is 1.46 bits per heavy atom. The van der Waals surface area contributed by atoms with Crippen LogP contribution in [0.5, 0.6) is 0 Å². The second-order valence-corrected chi connectivity index (χ2v) is 5.72. The molecule has 13 heavy (non-hydrogen) atoms. The van der Waals surface area contributed by atoms with Crippen LogP contribution in [-0.4, -0.2) is 26.9 Å². The van der Waals surface area contributed by atoms with Gasteiger partial charge >= 0.3 is 0 Å². The molecule has 0 saturated heterocycles. The van der Waals surface area contributed by atoms with Gasteiger partial charge in [-0.2, -0.15) is 0 Å². The standard InChI is InChI=1S/C6H8N4S3/c7-5-10-9-4(13-5)3-12-6-8-1-2-11-6/h1-3H2,(H2,7,10). The molecule has 7 heteroatoms. The molecule has 1 aliphatic rings. The van der Waals surface area contributed by atoms with E-state index in [1.54, 1.807) is 23.5 Å². The molecule has 70 valence electrons. The number of aliphatic imine (C=N–C) groups is 1. The van der Waals surface area contributed by atoms with Gasteiger partial charge in [-0.3, -0.25) is 4.99 Å². The van der Waals surface area contributed by atoms with E-state index in [-0.39, 0.29) is 0 Å². The lowest BCUT2D eigenvalue weighted by atomic mass is 10.8. The van der Waals surface area contributed by atoms with E-state index in [1.807, 2.05) is 0 Å². The van der Waals surface area contributed by atoms with Gasteiger partial charge in [0.05, 0.1) is 12.3 Å². The average Bonchev–Trinajstić information content (AvgIpc) is 2.71. The van der Waals surface area contributed by atoms with Gasteiger partial charge in [-0.05, 0) is 0 Å². The number of aromatic nitrogens is 2. The van der Waals surface area contributed by atoms with Crippen LogP contribution in [0.1, 0.15) is 5.01 Å². The summed E-state index contributed by atoms with van der Waals surface area (Å²) in [5.74, 6) is 1.95. The van der Waals surface area contributed by atoms with Crippen molar-refractivity contribution in [1.29, 1.82) is 0 Å². The molecule has 2 rings (SSSR count). The van der Waals surface area contributed by atoms with E-state index in [9.17, 15) is 0 Å². The van der Waals surface area contributed by atoms with Crippen molar-refractivity contribution < 1.29 is 0 Å². The van der Waals surface area contributed by atoms with E-state index < -0.39 is 0 Å². The van der Waals surface area contributed by atoms with Crippen LogP contribution in [0.3, 0.4) is 0 Å². The van der Waals surface area contributed by atoms with Gasteiger partial charge in [-0.1, -0.05) is 34.9 Å². The summed E-state index contributed by atoms with van der Waals surface area (Å²) in [6.45, 7) is 0.950. The van der Waals surface area contributed by atoms with Crippen LogP contribution in [-0.2, 0) is 5.75 Å². The lowest BCUT2D eigenvalue weighted by Crippen LogP contribution is -1.84. The van der Waals surface area contributed by atoms with E-state index in [0.717, 1.165) is 27.4 Å². The molecule has 0 amide bonds. The van der Waals surface area contributed by atoms with Crippen molar-refractivity contribution in [2.45, 2.75) is 5.75 Å². The van der Waals surface area contributed by atoms with Crippen molar-refractivity contribution >= 4 is 44.4 Å². The van der Waals surface area contributed by atoms with Gasteiger partial charge < -0.3 is 5.73 Å². The fourth-order valence-electron chi connectivity index (χ4n) is 0.851. The third kappa shape index (κ3) is 2.58. The molecule has 0 spiro atoms. The Labute approximate surface area is 88.4 Å². The summed E-state index contributed by atoms with van der Waals surface area (Å²) < 4.78 is 1.16. The molecule has 1 aromatic rings. The fourth-order valence-corrected chi connectivity index (χ4v) is 3.46. The van der Waals surface area contributed by atoms with Crippen molar-refractivity contribution in [2.75, 3.05) is 18.0 Å². The Morgan fingerprint density at radius 2 is 2.38 bits per heavy atom. The molecule has 4 nitrogen and oxygen atoms in total. The van der Waals surface area contributed by atoms with Crippen molar-refractivity contribution in [3.63, 3.8) is 0 Å². The SMILES string of the molecule is Nc1nnc(CSC2=NCCS2)s1. The number of hydrogen-bond acceptors (Lipinski definition) is 7. The molecule has 0 atom stereocenters. The number of hydrogen-bond donors (Lipinski definition) is 1. The minimum absolute atomic E-state index is 0.539. The Morgan fingerprint density at radius 3 is 3.00 bits per heavy atom. The first-order valence-corrected chi connectivity index (χ1v) is 6.51. The van der Waals surface area contributed by atoms with E-state index in [4.69, 9.17) is 5.73 Å². The molecule has 0 saturated carbocycles. The second-order valence-electron chi connectivity index (χ2n) is 2.32. The van der Waals surface area contributed by atoms with Crippen LogP contribution in [0.15, 0.2) is 4.99 Å². The van der Waals surface area contributed by atoms with Crippen LogP contribution in [0.25, 0.3) is 0 Å². The number of rotatable bonds is 2. The summed E-state index contributed by atoms with van der Waals surface area (Å²) in [5, 5.41) is 9.19. The second kappa shape index (κ2) is 4.30. The topological polar surface area (TPSA) is 64.2 Å². The highest BCUT2D eigenvalue weighted by atomic mass is 32.2. The molecule has 2 heterocycles. The maximum Gasteiger partial charge on any atom is 0.203 e. The summed E-state index contributed by atoms with van der Waals surface area (Å²) in [5.41, 5.74) is 5.46. The molecular formula is C6H8N4S3. The van der Waals surface area contributed by atoms with Crippen LogP contribution < -0.4 is 5.73 Å². The van der Waals surface area contributed by atoms with E-state index in [1.165, 1.54) is 11.3 Å². The number of anilines is 1. The molecule has 0 bridgehead atoms. The summed E-state index contributed by atoms with van der Waals surface area (Å²) in [7, 11) is 0. The Hall–Kier alpha value is -0.270. The van der Waals surface area contributed by atoms with Crippen molar-refractivity contribution in [2.24, 2.45) is 4.99 Å². The highest BCUT2D eigenvalue weighted by Gasteiger charge is 2.09. The molecule has 2 N–H and O–H groups in total. The monoisotopic (exact) mass is 232 g/mol. The third-order valence-corrected chi connectivity index (χ3v) is 4.56. The van der Waals surface area contributed by atoms with Gasteiger partial charge in [0.25, 0.3) is 0 Å². The van der Waals surface area contributed by atoms with Gasteiger partial charge in [0.15, 0.2) is 0 Å². The van der Waals surface area contributed by atoms with E-state index >= 15 is 0 Å². The van der Waals surface area contributed by atoms with Crippen LogP contribution >= 0.6 is 34.9 Å². The van der Waals surface area contributed by atoms with Gasteiger partial charge in [0.1, 0.15) is 9.38 Å². The van der Waals surface area contributed by atoms with Crippen molar-refractivity contribution in [3.05, 3.63) is 5.01 Å².